The van der Waals surface area contributed by atoms with E-state index in [-0.39, 0.29) is 31.9 Å². The van der Waals surface area contributed by atoms with Crippen LogP contribution in [0.15, 0.2) is 115 Å². The molecule has 0 spiro atoms. The van der Waals surface area contributed by atoms with Crippen LogP contribution < -0.4 is 4.74 Å². The van der Waals surface area contributed by atoms with E-state index in [4.69, 9.17) is 14.8 Å². The molecule has 0 saturated carbocycles. The first-order valence-corrected chi connectivity index (χ1v) is 18.7. The number of aromatic nitrogens is 4. The van der Waals surface area contributed by atoms with Crippen molar-refractivity contribution in [2.45, 2.75) is 73.1 Å². The average Bonchev–Trinajstić information content (AvgIpc) is 3.68. The molecule has 0 N–H and O–H groups in total. The Morgan fingerprint density at radius 3 is 2.04 bits per heavy atom. The quantitative estimate of drug-likeness (QED) is 0.156. The number of aryl methyl sites for hydroxylation is 3. The van der Waals surface area contributed by atoms with E-state index < -0.39 is 0 Å². The van der Waals surface area contributed by atoms with E-state index in [1.807, 2.05) is 24.4 Å². The molecule has 0 bridgehead atoms. The standard InChI is InChI=1S/C49H46N4O.Pt/c1-31-26-32(2)44(33(3)27-31)45-46(34-16-11-10-12-17-34)53(51-47(45)49(7,8)9)36-18-15-19-37(29-36)54-38-22-23-40-39-20-13-14-21-41(39)52(42(40)30-38)43-28-35(24-25-50-43)48(4,5)6;/h10-28H,1-9H3;/q-2;+2. The molecule has 0 atom stereocenters. The van der Waals surface area contributed by atoms with Crippen LogP contribution in [0.25, 0.3) is 55.7 Å². The Labute approximate surface area is 339 Å². The summed E-state index contributed by atoms with van der Waals surface area (Å²) in [6.07, 6.45) is 1.90. The number of para-hydroxylation sites is 1. The summed E-state index contributed by atoms with van der Waals surface area (Å²) in [6.45, 7) is 20.0. The van der Waals surface area contributed by atoms with Gasteiger partial charge < -0.3 is 9.30 Å². The van der Waals surface area contributed by atoms with Crippen molar-refractivity contribution in [2.75, 3.05) is 0 Å². The molecule has 3 heterocycles. The minimum absolute atomic E-state index is 0. The molecule has 8 aromatic rings. The smallest absolute Gasteiger partial charge is 0.509 e. The van der Waals surface area contributed by atoms with Crippen LogP contribution >= 0.6 is 0 Å². The molecule has 5 nitrogen and oxygen atoms in total. The number of fused-ring (bicyclic) bond motifs is 3. The molecule has 8 rings (SSSR count). The number of benzene rings is 5. The van der Waals surface area contributed by atoms with Crippen LogP contribution in [0.4, 0.5) is 0 Å². The number of nitrogens with zero attached hydrogens (tertiary/aromatic N) is 4. The van der Waals surface area contributed by atoms with Gasteiger partial charge in [-0.2, -0.15) is 17.2 Å². The second-order valence-electron chi connectivity index (χ2n) is 16.5. The van der Waals surface area contributed by atoms with E-state index in [0.29, 0.717) is 11.5 Å². The second-order valence-corrected chi connectivity index (χ2v) is 16.5. The molecule has 0 aliphatic rings. The van der Waals surface area contributed by atoms with Crippen molar-refractivity contribution in [1.82, 2.24) is 19.3 Å². The van der Waals surface area contributed by atoms with Gasteiger partial charge in [-0.3, -0.25) is 4.68 Å². The third kappa shape index (κ3) is 7.07. The topological polar surface area (TPSA) is 44.9 Å². The normalized spacial score (nSPS) is 11.9. The third-order valence-corrected chi connectivity index (χ3v) is 10.2. The van der Waals surface area contributed by atoms with E-state index >= 15 is 0 Å². The Morgan fingerprint density at radius 2 is 1.33 bits per heavy atom. The molecule has 3 aromatic heterocycles. The molecule has 5 aromatic carbocycles. The van der Waals surface area contributed by atoms with Gasteiger partial charge in [0.05, 0.1) is 11.4 Å². The molecule has 0 aliphatic carbocycles. The van der Waals surface area contributed by atoms with E-state index in [1.54, 1.807) is 0 Å². The van der Waals surface area contributed by atoms with Crippen LogP contribution in [-0.4, -0.2) is 19.3 Å². The SMILES string of the molecule is Cc1cc(C)c(-c2c(C(C)(C)C)nn(-c3[c-]c(Oc4[c-]c5c(cc4)c4ccccc4n5-c4cc(C(C)(C)C)ccn4)ccc3)c2-c2ccccc2)c(C)c1.[Pt+2]. The first-order chi connectivity index (χ1) is 25.8. The molecule has 0 fully saturated rings. The Bertz CT molecular complexity index is 2670. The third-order valence-electron chi connectivity index (χ3n) is 10.2. The van der Waals surface area contributed by atoms with Crippen molar-refractivity contribution in [1.29, 1.82) is 0 Å². The van der Waals surface area contributed by atoms with Gasteiger partial charge in [-0.25, -0.2) is 4.98 Å². The van der Waals surface area contributed by atoms with Crippen LogP contribution in [0.2, 0.25) is 0 Å². The Balaban J connectivity index is 0.00000465. The number of hydrogen-bond acceptors (Lipinski definition) is 3. The van der Waals surface area contributed by atoms with Gasteiger partial charge in [0.1, 0.15) is 5.82 Å². The number of ether oxygens (including phenoxy) is 1. The van der Waals surface area contributed by atoms with Crippen molar-refractivity contribution in [3.63, 3.8) is 0 Å². The van der Waals surface area contributed by atoms with Gasteiger partial charge in [0.2, 0.25) is 0 Å². The fourth-order valence-electron chi connectivity index (χ4n) is 7.71. The fourth-order valence-corrected chi connectivity index (χ4v) is 7.71. The van der Waals surface area contributed by atoms with Gasteiger partial charge in [-0.05, 0) is 77.7 Å². The molecule has 0 radical (unpaired) electrons. The van der Waals surface area contributed by atoms with E-state index in [0.717, 1.165) is 55.8 Å². The van der Waals surface area contributed by atoms with E-state index in [1.165, 1.54) is 27.8 Å². The Morgan fingerprint density at radius 1 is 0.636 bits per heavy atom. The first kappa shape index (κ1) is 38.0. The first-order valence-electron chi connectivity index (χ1n) is 18.7. The summed E-state index contributed by atoms with van der Waals surface area (Å²) in [5.41, 5.74) is 13.0. The number of hydrogen-bond donors (Lipinski definition) is 0. The second kappa shape index (κ2) is 14.4. The van der Waals surface area contributed by atoms with Crippen LogP contribution in [0.1, 0.15) is 69.5 Å². The predicted molar refractivity (Wildman–Crippen MR) is 222 cm³/mol. The average molecular weight is 902 g/mol. The predicted octanol–water partition coefficient (Wildman–Crippen LogP) is 12.6. The number of rotatable bonds is 6. The molecule has 55 heavy (non-hydrogen) atoms. The van der Waals surface area contributed by atoms with Gasteiger partial charge in [0, 0.05) is 39.8 Å². The molecular weight excluding hydrogens is 856 g/mol. The summed E-state index contributed by atoms with van der Waals surface area (Å²) in [5.74, 6) is 2.03. The van der Waals surface area contributed by atoms with Crippen molar-refractivity contribution in [2.24, 2.45) is 0 Å². The Hall–Kier alpha value is -5.25. The summed E-state index contributed by atoms with van der Waals surface area (Å²) in [6, 6.07) is 45.1. The van der Waals surface area contributed by atoms with Gasteiger partial charge in [0.15, 0.2) is 0 Å². The van der Waals surface area contributed by atoms with Crippen LogP contribution in [0.5, 0.6) is 11.5 Å². The maximum Gasteiger partial charge on any atom is 2.00 e. The van der Waals surface area contributed by atoms with Gasteiger partial charge in [-0.1, -0.05) is 113 Å². The van der Waals surface area contributed by atoms with Gasteiger partial charge in [-0.15, -0.1) is 35.7 Å². The van der Waals surface area contributed by atoms with Crippen molar-refractivity contribution in [3.8, 4) is 45.4 Å². The Kier molecular flexibility index (Phi) is 9.98. The van der Waals surface area contributed by atoms with Crippen molar-refractivity contribution in [3.05, 3.63) is 155 Å². The zero-order valence-corrected chi connectivity index (χ0v) is 35.3. The van der Waals surface area contributed by atoms with Crippen molar-refractivity contribution < 1.29 is 25.8 Å². The summed E-state index contributed by atoms with van der Waals surface area (Å²) >= 11 is 0. The zero-order valence-electron chi connectivity index (χ0n) is 33.0. The minimum atomic E-state index is -0.230. The van der Waals surface area contributed by atoms with E-state index in [2.05, 4.69) is 175 Å². The molecule has 0 aliphatic heterocycles. The monoisotopic (exact) mass is 901 g/mol. The van der Waals surface area contributed by atoms with Crippen LogP contribution in [-0.2, 0) is 31.9 Å². The zero-order chi connectivity index (χ0) is 37.9. The largest absolute Gasteiger partial charge is 2.00 e. The molecule has 0 unspecified atom stereocenters. The fraction of sp³-hybridized carbons (Fsp3) is 0.224. The van der Waals surface area contributed by atoms with E-state index in [9.17, 15) is 0 Å². The summed E-state index contributed by atoms with van der Waals surface area (Å²) in [7, 11) is 0. The molecule has 278 valence electrons. The summed E-state index contributed by atoms with van der Waals surface area (Å²) in [5, 5.41) is 7.64. The number of pyridine rings is 1. The van der Waals surface area contributed by atoms with Crippen LogP contribution in [0, 0.1) is 32.9 Å². The maximum atomic E-state index is 6.61. The van der Waals surface area contributed by atoms with Crippen molar-refractivity contribution >= 4 is 21.8 Å². The van der Waals surface area contributed by atoms with Crippen LogP contribution in [0.3, 0.4) is 0 Å². The van der Waals surface area contributed by atoms with Gasteiger partial charge in [0.25, 0.3) is 0 Å². The minimum Gasteiger partial charge on any atom is -0.509 e. The summed E-state index contributed by atoms with van der Waals surface area (Å²) in [4.78, 5) is 4.84. The molecular formula is C49H46N4OPt. The molecule has 0 amide bonds. The maximum absolute atomic E-state index is 6.61. The van der Waals surface area contributed by atoms with Gasteiger partial charge >= 0.3 is 21.1 Å². The summed E-state index contributed by atoms with van der Waals surface area (Å²) < 4.78 is 10.9. The molecule has 6 heteroatoms. The molecule has 0 saturated heterocycles.